The number of amides is 2. The van der Waals surface area contributed by atoms with Gasteiger partial charge in [0, 0.05) is 26.3 Å². The standard InChI is InChI=1S/C27H31N3O3/c1-18(22-12-8-10-19-9-6-7-11-23(19)22)28-25(31)24-15-21(16-29(24)5)20-13-14-30(17-20)26(32)33-27(2,3)4/h6-13,15-16,18H,14,17H2,1-5H3,(H,28,31)/t18-/m1/s1. The largest absolute Gasteiger partial charge is 0.444 e. The SMILES string of the molecule is C[C@@H](NC(=O)c1cc(C2=CCN(C(=O)OC(C)(C)C)C2)cn1C)c1cccc2ccccc12. The summed E-state index contributed by atoms with van der Waals surface area (Å²) in [5, 5.41) is 5.43. The van der Waals surface area contributed by atoms with Crippen molar-refractivity contribution in [2.75, 3.05) is 13.1 Å². The summed E-state index contributed by atoms with van der Waals surface area (Å²) in [5.74, 6) is -0.133. The molecule has 33 heavy (non-hydrogen) atoms. The maximum absolute atomic E-state index is 13.1. The van der Waals surface area contributed by atoms with Crippen molar-refractivity contribution < 1.29 is 14.3 Å². The van der Waals surface area contributed by atoms with Crippen molar-refractivity contribution in [3.8, 4) is 0 Å². The highest BCUT2D eigenvalue weighted by Crippen LogP contribution is 2.26. The number of ether oxygens (including phenoxy) is 1. The molecule has 3 aromatic rings. The Morgan fingerprint density at radius 3 is 2.58 bits per heavy atom. The van der Waals surface area contributed by atoms with Gasteiger partial charge in [-0.2, -0.15) is 0 Å². The van der Waals surface area contributed by atoms with E-state index in [0.29, 0.717) is 18.8 Å². The summed E-state index contributed by atoms with van der Waals surface area (Å²) < 4.78 is 7.30. The Hall–Kier alpha value is -3.54. The van der Waals surface area contributed by atoms with Crippen LogP contribution in [-0.2, 0) is 11.8 Å². The molecule has 6 nitrogen and oxygen atoms in total. The molecule has 0 bridgehead atoms. The average molecular weight is 446 g/mol. The van der Waals surface area contributed by atoms with Crippen LogP contribution in [0.5, 0.6) is 0 Å². The molecule has 4 rings (SSSR count). The Morgan fingerprint density at radius 1 is 1.09 bits per heavy atom. The molecule has 1 aliphatic rings. The fraction of sp³-hybridized carbons (Fsp3) is 0.333. The Labute approximate surface area is 194 Å². The van der Waals surface area contributed by atoms with E-state index >= 15 is 0 Å². The Morgan fingerprint density at radius 2 is 1.82 bits per heavy atom. The fourth-order valence-electron chi connectivity index (χ4n) is 4.17. The molecule has 6 heteroatoms. The molecule has 1 N–H and O–H groups in total. The molecule has 1 aromatic heterocycles. The van der Waals surface area contributed by atoms with Gasteiger partial charge in [0.25, 0.3) is 5.91 Å². The fourth-order valence-corrected chi connectivity index (χ4v) is 4.17. The number of nitrogens with one attached hydrogen (secondary N) is 1. The summed E-state index contributed by atoms with van der Waals surface area (Å²) in [5.41, 5.74) is 3.08. The van der Waals surface area contributed by atoms with Gasteiger partial charge in [-0.3, -0.25) is 4.79 Å². The first-order valence-corrected chi connectivity index (χ1v) is 11.2. The van der Waals surface area contributed by atoms with Crippen molar-refractivity contribution in [3.63, 3.8) is 0 Å². The first kappa shape index (κ1) is 22.6. The quantitative estimate of drug-likeness (QED) is 0.592. The summed E-state index contributed by atoms with van der Waals surface area (Å²) in [6.07, 6.45) is 3.62. The van der Waals surface area contributed by atoms with Crippen LogP contribution in [0.15, 0.2) is 60.8 Å². The zero-order valence-electron chi connectivity index (χ0n) is 19.9. The van der Waals surface area contributed by atoms with Crippen LogP contribution in [0.4, 0.5) is 4.79 Å². The van der Waals surface area contributed by atoms with Gasteiger partial charge in [-0.25, -0.2) is 4.79 Å². The number of benzene rings is 2. The number of hydrogen-bond donors (Lipinski definition) is 1. The van der Waals surface area contributed by atoms with E-state index in [1.807, 2.05) is 75.8 Å². The van der Waals surface area contributed by atoms with Gasteiger partial charge in [-0.05, 0) is 61.2 Å². The Balaban J connectivity index is 1.46. The zero-order chi connectivity index (χ0) is 23.8. The van der Waals surface area contributed by atoms with E-state index < -0.39 is 5.60 Å². The number of hydrogen-bond acceptors (Lipinski definition) is 3. The number of fused-ring (bicyclic) bond motifs is 1. The van der Waals surface area contributed by atoms with Gasteiger partial charge in [0.15, 0.2) is 0 Å². The molecule has 2 amide bonds. The molecular formula is C27H31N3O3. The third-order valence-corrected chi connectivity index (χ3v) is 5.82. The minimum absolute atomic E-state index is 0.133. The molecule has 0 fully saturated rings. The number of carbonyl (C=O) groups excluding carboxylic acids is 2. The third kappa shape index (κ3) is 4.95. The van der Waals surface area contributed by atoms with Crippen LogP contribution in [0.25, 0.3) is 16.3 Å². The van der Waals surface area contributed by atoms with Gasteiger partial charge in [-0.1, -0.05) is 48.5 Å². The maximum atomic E-state index is 13.1. The molecule has 0 saturated heterocycles. The molecule has 1 atom stereocenters. The highest BCUT2D eigenvalue weighted by Gasteiger charge is 2.27. The molecule has 0 unspecified atom stereocenters. The molecule has 2 aromatic carbocycles. The maximum Gasteiger partial charge on any atom is 0.410 e. The molecule has 172 valence electrons. The van der Waals surface area contributed by atoms with Gasteiger partial charge in [0.2, 0.25) is 0 Å². The molecule has 0 saturated carbocycles. The summed E-state index contributed by atoms with van der Waals surface area (Å²) in [7, 11) is 1.86. The van der Waals surface area contributed by atoms with Crippen molar-refractivity contribution >= 4 is 28.3 Å². The predicted molar refractivity (Wildman–Crippen MR) is 131 cm³/mol. The lowest BCUT2D eigenvalue weighted by molar-refractivity contribution is 0.0306. The monoisotopic (exact) mass is 445 g/mol. The van der Waals surface area contributed by atoms with Crippen LogP contribution < -0.4 is 5.32 Å². The van der Waals surface area contributed by atoms with Crippen LogP contribution in [0.2, 0.25) is 0 Å². The van der Waals surface area contributed by atoms with Crippen molar-refractivity contribution in [3.05, 3.63) is 77.6 Å². The van der Waals surface area contributed by atoms with Gasteiger partial charge in [0.1, 0.15) is 11.3 Å². The highest BCUT2D eigenvalue weighted by molar-refractivity contribution is 5.95. The minimum atomic E-state index is -0.529. The topological polar surface area (TPSA) is 63.6 Å². The van der Waals surface area contributed by atoms with Crippen molar-refractivity contribution in [1.29, 1.82) is 0 Å². The second kappa shape index (κ2) is 8.77. The van der Waals surface area contributed by atoms with E-state index in [-0.39, 0.29) is 18.0 Å². The van der Waals surface area contributed by atoms with E-state index in [9.17, 15) is 9.59 Å². The third-order valence-electron chi connectivity index (χ3n) is 5.82. The van der Waals surface area contributed by atoms with Crippen LogP contribution in [0.3, 0.4) is 0 Å². The number of nitrogens with zero attached hydrogens (tertiary/aromatic N) is 2. The summed E-state index contributed by atoms with van der Waals surface area (Å²) in [6.45, 7) is 8.54. The minimum Gasteiger partial charge on any atom is -0.444 e. The van der Waals surface area contributed by atoms with E-state index in [2.05, 4.69) is 29.6 Å². The first-order valence-electron chi connectivity index (χ1n) is 11.2. The van der Waals surface area contributed by atoms with E-state index in [1.54, 1.807) is 4.90 Å². The number of carbonyl (C=O) groups is 2. The Kier molecular flexibility index (Phi) is 6.02. The van der Waals surface area contributed by atoms with Gasteiger partial charge >= 0.3 is 6.09 Å². The smallest absolute Gasteiger partial charge is 0.410 e. The number of rotatable bonds is 4. The predicted octanol–water partition coefficient (Wildman–Crippen LogP) is 5.30. The van der Waals surface area contributed by atoms with Crippen LogP contribution in [-0.4, -0.2) is 40.2 Å². The second-order valence-electron chi connectivity index (χ2n) is 9.58. The first-order chi connectivity index (χ1) is 15.6. The lowest BCUT2D eigenvalue weighted by Crippen LogP contribution is -2.35. The highest BCUT2D eigenvalue weighted by atomic mass is 16.6. The van der Waals surface area contributed by atoms with Gasteiger partial charge < -0.3 is 19.5 Å². The molecule has 0 aliphatic carbocycles. The summed E-state index contributed by atoms with van der Waals surface area (Å²) in [4.78, 5) is 27.1. The second-order valence-corrected chi connectivity index (χ2v) is 9.58. The summed E-state index contributed by atoms with van der Waals surface area (Å²) >= 11 is 0. The average Bonchev–Trinajstić information content (AvgIpc) is 3.39. The van der Waals surface area contributed by atoms with Crippen LogP contribution in [0.1, 0.15) is 55.4 Å². The van der Waals surface area contributed by atoms with E-state index in [0.717, 1.165) is 27.5 Å². The van der Waals surface area contributed by atoms with Gasteiger partial charge in [-0.15, -0.1) is 0 Å². The number of aryl methyl sites for hydroxylation is 1. The lowest BCUT2D eigenvalue weighted by Gasteiger charge is -2.24. The van der Waals surface area contributed by atoms with Crippen molar-refractivity contribution in [2.45, 2.75) is 39.3 Å². The van der Waals surface area contributed by atoms with Crippen LogP contribution >= 0.6 is 0 Å². The van der Waals surface area contributed by atoms with E-state index in [4.69, 9.17) is 4.74 Å². The van der Waals surface area contributed by atoms with Crippen molar-refractivity contribution in [2.24, 2.45) is 7.05 Å². The van der Waals surface area contributed by atoms with E-state index in [1.165, 1.54) is 0 Å². The zero-order valence-corrected chi connectivity index (χ0v) is 19.9. The van der Waals surface area contributed by atoms with Gasteiger partial charge in [0.05, 0.1) is 6.04 Å². The Bertz CT molecular complexity index is 1230. The molecular weight excluding hydrogens is 414 g/mol. The molecule has 0 radical (unpaired) electrons. The molecule has 1 aliphatic heterocycles. The molecule has 0 spiro atoms. The lowest BCUT2D eigenvalue weighted by atomic mass is 9.99. The molecule has 2 heterocycles. The number of aromatic nitrogens is 1. The summed E-state index contributed by atoms with van der Waals surface area (Å²) in [6, 6.07) is 16.1. The van der Waals surface area contributed by atoms with Crippen molar-refractivity contribution in [1.82, 2.24) is 14.8 Å². The normalized spacial score (nSPS) is 14.8. The van der Waals surface area contributed by atoms with Crippen LogP contribution in [0, 0.1) is 0 Å².